The SMILES string of the molecule is CONCC(=N)CC(C)C. The van der Waals surface area contributed by atoms with E-state index in [1.54, 1.807) is 7.11 Å². The van der Waals surface area contributed by atoms with Crippen LogP contribution in [0.2, 0.25) is 0 Å². The predicted molar refractivity (Wildman–Crippen MR) is 42.2 cm³/mol. The zero-order valence-electron chi connectivity index (χ0n) is 6.90. The van der Waals surface area contributed by atoms with Crippen LogP contribution in [0.5, 0.6) is 0 Å². The average Bonchev–Trinajstić information content (AvgIpc) is 1.82. The average molecular weight is 144 g/mol. The standard InChI is InChI=1S/C7H16N2O/c1-6(2)4-7(8)5-9-10-3/h6,8-9H,4-5H2,1-3H3. The van der Waals surface area contributed by atoms with Gasteiger partial charge in [0.1, 0.15) is 0 Å². The molecule has 3 heteroatoms. The van der Waals surface area contributed by atoms with Crippen LogP contribution in [0, 0.1) is 11.3 Å². The zero-order valence-corrected chi connectivity index (χ0v) is 6.90. The minimum atomic E-state index is 0.536. The van der Waals surface area contributed by atoms with Gasteiger partial charge in [0.05, 0.1) is 13.7 Å². The van der Waals surface area contributed by atoms with E-state index in [0.29, 0.717) is 18.2 Å². The van der Waals surface area contributed by atoms with Crippen LogP contribution < -0.4 is 5.48 Å². The number of hydrogen-bond acceptors (Lipinski definition) is 3. The van der Waals surface area contributed by atoms with Crippen LogP contribution >= 0.6 is 0 Å². The quantitative estimate of drug-likeness (QED) is 0.450. The Hall–Kier alpha value is -0.410. The lowest BCUT2D eigenvalue weighted by atomic mass is 10.1. The van der Waals surface area contributed by atoms with Crippen molar-refractivity contribution in [2.45, 2.75) is 20.3 Å². The molecule has 60 valence electrons. The molecule has 0 spiro atoms. The van der Waals surface area contributed by atoms with Gasteiger partial charge in [-0.25, -0.2) is 0 Å². The van der Waals surface area contributed by atoms with Gasteiger partial charge in [-0.3, -0.25) is 0 Å². The molecule has 0 aliphatic carbocycles. The third-order valence-electron chi connectivity index (χ3n) is 1.08. The maximum absolute atomic E-state index is 7.38. The van der Waals surface area contributed by atoms with Gasteiger partial charge in [-0.15, -0.1) is 0 Å². The van der Waals surface area contributed by atoms with E-state index in [4.69, 9.17) is 5.41 Å². The number of hydrogen-bond donors (Lipinski definition) is 2. The molecule has 0 unspecified atom stereocenters. The Labute approximate surface area is 62.2 Å². The lowest BCUT2D eigenvalue weighted by Crippen LogP contribution is -2.22. The van der Waals surface area contributed by atoms with Crippen molar-refractivity contribution in [1.82, 2.24) is 5.48 Å². The monoisotopic (exact) mass is 144 g/mol. The van der Waals surface area contributed by atoms with Crippen LogP contribution in [0.1, 0.15) is 20.3 Å². The van der Waals surface area contributed by atoms with Gasteiger partial charge < -0.3 is 10.2 Å². The molecule has 0 atom stereocenters. The predicted octanol–water partition coefficient (Wildman–Crippen LogP) is 1.20. The summed E-state index contributed by atoms with van der Waals surface area (Å²) in [7, 11) is 1.56. The lowest BCUT2D eigenvalue weighted by Gasteiger charge is -2.05. The largest absolute Gasteiger partial charge is 0.308 e. The van der Waals surface area contributed by atoms with Crippen molar-refractivity contribution in [3.05, 3.63) is 0 Å². The van der Waals surface area contributed by atoms with Gasteiger partial charge >= 0.3 is 0 Å². The van der Waals surface area contributed by atoms with Crippen molar-refractivity contribution in [3.8, 4) is 0 Å². The summed E-state index contributed by atoms with van der Waals surface area (Å²) in [5.41, 5.74) is 3.32. The molecule has 0 radical (unpaired) electrons. The lowest BCUT2D eigenvalue weighted by molar-refractivity contribution is 0.103. The van der Waals surface area contributed by atoms with Gasteiger partial charge in [-0.1, -0.05) is 13.8 Å². The Morgan fingerprint density at radius 2 is 2.20 bits per heavy atom. The molecule has 0 heterocycles. The summed E-state index contributed by atoms with van der Waals surface area (Å²) >= 11 is 0. The van der Waals surface area contributed by atoms with Gasteiger partial charge in [0.2, 0.25) is 0 Å². The molecule has 3 nitrogen and oxygen atoms in total. The fourth-order valence-electron chi connectivity index (χ4n) is 0.724. The van der Waals surface area contributed by atoms with E-state index in [9.17, 15) is 0 Å². The molecule has 0 aromatic heterocycles. The minimum absolute atomic E-state index is 0.536. The van der Waals surface area contributed by atoms with Crippen LogP contribution in [0.3, 0.4) is 0 Å². The van der Waals surface area contributed by atoms with Crippen LogP contribution in [0.25, 0.3) is 0 Å². The Kier molecular flexibility index (Phi) is 5.16. The van der Waals surface area contributed by atoms with E-state index in [1.807, 2.05) is 0 Å². The van der Waals surface area contributed by atoms with Crippen molar-refractivity contribution in [2.24, 2.45) is 5.92 Å². The van der Waals surface area contributed by atoms with Crippen molar-refractivity contribution < 1.29 is 4.84 Å². The second-order valence-electron chi connectivity index (χ2n) is 2.73. The van der Waals surface area contributed by atoms with Crippen molar-refractivity contribution >= 4 is 5.71 Å². The van der Waals surface area contributed by atoms with Crippen LogP contribution in [0.4, 0.5) is 0 Å². The summed E-state index contributed by atoms with van der Waals surface area (Å²) in [6, 6.07) is 0. The second-order valence-corrected chi connectivity index (χ2v) is 2.73. The van der Waals surface area contributed by atoms with Crippen LogP contribution in [0.15, 0.2) is 0 Å². The fourth-order valence-corrected chi connectivity index (χ4v) is 0.724. The number of rotatable bonds is 5. The highest BCUT2D eigenvalue weighted by Crippen LogP contribution is 1.98. The van der Waals surface area contributed by atoms with E-state index in [-0.39, 0.29) is 0 Å². The molecule has 0 aliphatic rings. The summed E-state index contributed by atoms with van der Waals surface area (Å²) < 4.78 is 0. The first kappa shape index (κ1) is 9.59. The van der Waals surface area contributed by atoms with E-state index >= 15 is 0 Å². The Bertz CT molecular complexity index is 102. The van der Waals surface area contributed by atoms with Crippen LogP contribution in [-0.4, -0.2) is 19.4 Å². The molecule has 0 saturated heterocycles. The molecular formula is C7H16N2O. The molecule has 0 aliphatic heterocycles. The van der Waals surface area contributed by atoms with E-state index in [2.05, 4.69) is 24.2 Å². The molecular weight excluding hydrogens is 128 g/mol. The molecule has 0 fully saturated rings. The molecule has 10 heavy (non-hydrogen) atoms. The summed E-state index contributed by atoms with van der Waals surface area (Å²) in [5.74, 6) is 0.561. The topological polar surface area (TPSA) is 45.1 Å². The summed E-state index contributed by atoms with van der Waals surface area (Å²) in [6.45, 7) is 4.73. The molecule has 0 saturated carbocycles. The fraction of sp³-hybridized carbons (Fsp3) is 0.857. The Morgan fingerprint density at radius 1 is 1.60 bits per heavy atom. The van der Waals surface area contributed by atoms with E-state index in [0.717, 1.165) is 6.42 Å². The van der Waals surface area contributed by atoms with Gasteiger partial charge in [0.25, 0.3) is 0 Å². The highest BCUT2D eigenvalue weighted by molar-refractivity contribution is 5.83. The molecule has 0 rings (SSSR count). The van der Waals surface area contributed by atoms with E-state index < -0.39 is 0 Å². The summed E-state index contributed by atoms with van der Waals surface area (Å²) in [5, 5.41) is 7.38. The molecule has 0 aromatic rings. The minimum Gasteiger partial charge on any atom is -0.308 e. The van der Waals surface area contributed by atoms with Gasteiger partial charge in [-0.2, -0.15) is 5.48 Å². The van der Waals surface area contributed by atoms with Crippen molar-refractivity contribution in [2.75, 3.05) is 13.7 Å². The first-order valence-electron chi connectivity index (χ1n) is 3.49. The first-order valence-corrected chi connectivity index (χ1v) is 3.49. The van der Waals surface area contributed by atoms with Gasteiger partial charge in [-0.05, 0) is 12.3 Å². The van der Waals surface area contributed by atoms with E-state index in [1.165, 1.54) is 0 Å². The number of nitrogens with one attached hydrogen (secondary N) is 2. The highest BCUT2D eigenvalue weighted by Gasteiger charge is 1.99. The van der Waals surface area contributed by atoms with Crippen molar-refractivity contribution in [1.29, 1.82) is 5.41 Å². The Morgan fingerprint density at radius 3 is 2.60 bits per heavy atom. The molecule has 0 bridgehead atoms. The zero-order chi connectivity index (χ0) is 7.98. The summed E-state index contributed by atoms with van der Waals surface area (Å²) in [6.07, 6.45) is 0.844. The maximum Gasteiger partial charge on any atom is 0.0587 e. The third-order valence-corrected chi connectivity index (χ3v) is 1.08. The second kappa shape index (κ2) is 5.38. The Balaban J connectivity index is 3.26. The smallest absolute Gasteiger partial charge is 0.0587 e. The third kappa shape index (κ3) is 5.72. The molecule has 0 aromatic carbocycles. The van der Waals surface area contributed by atoms with Crippen LogP contribution in [-0.2, 0) is 4.84 Å². The first-order chi connectivity index (χ1) is 4.66. The van der Waals surface area contributed by atoms with Gasteiger partial charge in [0.15, 0.2) is 0 Å². The molecule has 0 amide bonds. The van der Waals surface area contributed by atoms with Crippen molar-refractivity contribution in [3.63, 3.8) is 0 Å². The highest BCUT2D eigenvalue weighted by atomic mass is 16.6. The number of hydroxylamine groups is 1. The van der Waals surface area contributed by atoms with Gasteiger partial charge in [0, 0.05) is 5.71 Å². The summed E-state index contributed by atoms with van der Waals surface area (Å²) in [4.78, 5) is 4.60. The normalized spacial score (nSPS) is 10.4. The molecule has 2 N–H and O–H groups in total. The maximum atomic E-state index is 7.38.